The van der Waals surface area contributed by atoms with Crippen LogP contribution < -0.4 is 0 Å². The Morgan fingerprint density at radius 2 is 2.58 bits per heavy atom. The summed E-state index contributed by atoms with van der Waals surface area (Å²) < 4.78 is 0. The van der Waals surface area contributed by atoms with Gasteiger partial charge in [-0.15, -0.1) is 0 Å². The van der Waals surface area contributed by atoms with Crippen molar-refractivity contribution in [1.82, 2.24) is 9.88 Å². The minimum atomic E-state index is 0.772. The fourth-order valence-electron chi connectivity index (χ4n) is 1.91. The number of nitrogens with zero attached hydrogens (tertiary/aromatic N) is 1. The second-order valence-corrected chi connectivity index (χ2v) is 3.66. The molecule has 2 rings (SSSR count). The molecule has 1 atom stereocenters. The lowest BCUT2D eigenvalue weighted by atomic mass is 10.2. The molecule has 1 saturated heterocycles. The van der Waals surface area contributed by atoms with Gasteiger partial charge in [0.05, 0.1) is 0 Å². The highest BCUT2D eigenvalue weighted by Crippen LogP contribution is 2.18. The molecule has 0 aliphatic carbocycles. The quantitative estimate of drug-likeness (QED) is 0.708. The first-order valence-corrected chi connectivity index (χ1v) is 4.72. The molecule has 1 N–H and O–H groups in total. The zero-order valence-corrected chi connectivity index (χ0v) is 7.59. The van der Waals surface area contributed by atoms with E-state index in [1.54, 1.807) is 0 Å². The van der Waals surface area contributed by atoms with Crippen LogP contribution in [0, 0.1) is 0 Å². The molecular formula is C10H16N2. The van der Waals surface area contributed by atoms with Crippen molar-refractivity contribution < 1.29 is 0 Å². The molecule has 12 heavy (non-hydrogen) atoms. The summed E-state index contributed by atoms with van der Waals surface area (Å²) in [6.45, 7) is 4.67. The van der Waals surface area contributed by atoms with Crippen molar-refractivity contribution in [2.75, 3.05) is 6.54 Å². The second kappa shape index (κ2) is 3.31. The van der Waals surface area contributed by atoms with Crippen LogP contribution in [0.4, 0.5) is 0 Å². The monoisotopic (exact) mass is 164 g/mol. The molecule has 1 aliphatic rings. The number of nitrogens with one attached hydrogen (secondary N) is 1. The Morgan fingerprint density at radius 1 is 1.67 bits per heavy atom. The van der Waals surface area contributed by atoms with Gasteiger partial charge in [-0.25, -0.2) is 0 Å². The predicted octanol–water partition coefficient (Wildman–Crippen LogP) is 2.00. The summed E-state index contributed by atoms with van der Waals surface area (Å²) in [5, 5.41) is 0. The number of rotatable bonds is 2. The third-order valence-electron chi connectivity index (χ3n) is 2.73. The topological polar surface area (TPSA) is 19.0 Å². The van der Waals surface area contributed by atoms with E-state index in [2.05, 4.69) is 28.9 Å². The Kier molecular flexibility index (Phi) is 2.17. The molecule has 2 nitrogen and oxygen atoms in total. The molecule has 0 aromatic carbocycles. The van der Waals surface area contributed by atoms with Gasteiger partial charge in [0.15, 0.2) is 0 Å². The Labute approximate surface area is 73.6 Å². The molecule has 1 aromatic heterocycles. The number of H-pyrrole nitrogens is 1. The molecule has 0 radical (unpaired) electrons. The molecule has 1 aromatic rings. The molecule has 0 spiro atoms. The van der Waals surface area contributed by atoms with Gasteiger partial charge in [0.25, 0.3) is 0 Å². The van der Waals surface area contributed by atoms with Gasteiger partial charge in [-0.05, 0) is 38.4 Å². The van der Waals surface area contributed by atoms with Crippen molar-refractivity contribution in [3.05, 3.63) is 24.0 Å². The zero-order valence-electron chi connectivity index (χ0n) is 7.59. The lowest BCUT2D eigenvalue weighted by Crippen LogP contribution is -2.26. The molecule has 66 valence electrons. The SMILES string of the molecule is CC1CCCN1Cc1ccc[nH]1. The van der Waals surface area contributed by atoms with E-state index in [1.807, 2.05) is 6.20 Å². The van der Waals surface area contributed by atoms with Crippen LogP contribution >= 0.6 is 0 Å². The van der Waals surface area contributed by atoms with E-state index in [9.17, 15) is 0 Å². The first-order valence-electron chi connectivity index (χ1n) is 4.72. The summed E-state index contributed by atoms with van der Waals surface area (Å²) in [4.78, 5) is 5.78. The number of hydrogen-bond acceptors (Lipinski definition) is 1. The van der Waals surface area contributed by atoms with Gasteiger partial charge in [-0.1, -0.05) is 0 Å². The van der Waals surface area contributed by atoms with E-state index in [0.29, 0.717) is 0 Å². The second-order valence-electron chi connectivity index (χ2n) is 3.66. The van der Waals surface area contributed by atoms with Crippen LogP contribution in [0.15, 0.2) is 18.3 Å². The van der Waals surface area contributed by atoms with Gasteiger partial charge in [0.1, 0.15) is 0 Å². The maximum Gasteiger partial charge on any atom is 0.0387 e. The average Bonchev–Trinajstić information content (AvgIpc) is 2.65. The Morgan fingerprint density at radius 3 is 3.17 bits per heavy atom. The molecule has 0 amide bonds. The fourth-order valence-corrected chi connectivity index (χ4v) is 1.91. The van der Waals surface area contributed by atoms with Crippen molar-refractivity contribution in [1.29, 1.82) is 0 Å². The summed E-state index contributed by atoms with van der Waals surface area (Å²) in [7, 11) is 0. The zero-order chi connectivity index (χ0) is 8.39. The highest BCUT2D eigenvalue weighted by atomic mass is 15.2. The smallest absolute Gasteiger partial charge is 0.0387 e. The lowest BCUT2D eigenvalue weighted by Gasteiger charge is -2.19. The minimum Gasteiger partial charge on any atom is -0.364 e. The van der Waals surface area contributed by atoms with Crippen LogP contribution in [0.5, 0.6) is 0 Å². The minimum absolute atomic E-state index is 0.772. The van der Waals surface area contributed by atoms with E-state index >= 15 is 0 Å². The van der Waals surface area contributed by atoms with Crippen molar-refractivity contribution in [3.63, 3.8) is 0 Å². The van der Waals surface area contributed by atoms with Gasteiger partial charge >= 0.3 is 0 Å². The van der Waals surface area contributed by atoms with Crippen molar-refractivity contribution >= 4 is 0 Å². The summed E-state index contributed by atoms with van der Waals surface area (Å²) in [6, 6.07) is 4.99. The number of aromatic amines is 1. The standard InChI is InChI=1S/C10H16N2/c1-9-4-3-7-12(9)8-10-5-2-6-11-10/h2,5-6,9,11H,3-4,7-8H2,1H3. The largest absolute Gasteiger partial charge is 0.364 e. The van der Waals surface area contributed by atoms with Gasteiger partial charge < -0.3 is 4.98 Å². The van der Waals surface area contributed by atoms with Crippen LogP contribution in [0.3, 0.4) is 0 Å². The Hall–Kier alpha value is -0.760. The normalized spacial score (nSPS) is 24.9. The Bertz CT molecular complexity index is 228. The van der Waals surface area contributed by atoms with Crippen LogP contribution in [0.2, 0.25) is 0 Å². The van der Waals surface area contributed by atoms with E-state index in [0.717, 1.165) is 12.6 Å². The lowest BCUT2D eigenvalue weighted by molar-refractivity contribution is 0.258. The van der Waals surface area contributed by atoms with Crippen molar-refractivity contribution in [2.24, 2.45) is 0 Å². The third kappa shape index (κ3) is 1.53. The highest BCUT2D eigenvalue weighted by molar-refractivity contribution is 5.03. The summed E-state index contributed by atoms with van der Waals surface area (Å²) >= 11 is 0. The average molecular weight is 164 g/mol. The number of hydrogen-bond donors (Lipinski definition) is 1. The first-order chi connectivity index (χ1) is 5.86. The van der Waals surface area contributed by atoms with Crippen molar-refractivity contribution in [2.45, 2.75) is 32.4 Å². The van der Waals surface area contributed by atoms with Crippen molar-refractivity contribution in [3.8, 4) is 0 Å². The molecule has 2 heterocycles. The molecular weight excluding hydrogens is 148 g/mol. The summed E-state index contributed by atoms with van der Waals surface area (Å²) in [5.74, 6) is 0. The molecule has 1 fully saturated rings. The van der Waals surface area contributed by atoms with E-state index in [4.69, 9.17) is 0 Å². The van der Waals surface area contributed by atoms with Crippen LogP contribution in [-0.4, -0.2) is 22.5 Å². The highest BCUT2D eigenvalue weighted by Gasteiger charge is 2.19. The molecule has 2 heteroatoms. The van der Waals surface area contributed by atoms with Gasteiger partial charge in [-0.3, -0.25) is 4.90 Å². The predicted molar refractivity (Wildman–Crippen MR) is 49.9 cm³/mol. The fraction of sp³-hybridized carbons (Fsp3) is 0.600. The molecule has 0 bridgehead atoms. The van der Waals surface area contributed by atoms with Gasteiger partial charge in [0.2, 0.25) is 0 Å². The van der Waals surface area contributed by atoms with E-state index in [1.165, 1.54) is 25.1 Å². The summed E-state index contributed by atoms with van der Waals surface area (Å²) in [6.07, 6.45) is 4.72. The van der Waals surface area contributed by atoms with E-state index in [-0.39, 0.29) is 0 Å². The Balaban J connectivity index is 1.95. The summed E-state index contributed by atoms with van der Waals surface area (Å²) in [5.41, 5.74) is 1.34. The molecule has 0 saturated carbocycles. The first kappa shape index (κ1) is 7.87. The van der Waals surface area contributed by atoms with Crippen LogP contribution in [-0.2, 0) is 6.54 Å². The number of aromatic nitrogens is 1. The van der Waals surface area contributed by atoms with Crippen LogP contribution in [0.25, 0.3) is 0 Å². The maximum atomic E-state index is 3.24. The van der Waals surface area contributed by atoms with Gasteiger partial charge in [0, 0.05) is 24.5 Å². The maximum absolute atomic E-state index is 3.24. The molecule has 1 unspecified atom stereocenters. The third-order valence-corrected chi connectivity index (χ3v) is 2.73. The van der Waals surface area contributed by atoms with E-state index < -0.39 is 0 Å². The molecule has 1 aliphatic heterocycles. The van der Waals surface area contributed by atoms with Gasteiger partial charge in [-0.2, -0.15) is 0 Å². The number of likely N-dealkylation sites (tertiary alicyclic amines) is 1. The van der Waals surface area contributed by atoms with Crippen LogP contribution in [0.1, 0.15) is 25.5 Å².